The molecule has 2 N–H and O–H groups in total. The average Bonchev–Trinajstić information content (AvgIpc) is 3.55. The van der Waals surface area contributed by atoms with Gasteiger partial charge < -0.3 is 10.6 Å². The topological polar surface area (TPSA) is 134 Å². The Bertz CT molecular complexity index is 1160. The number of benzene rings is 1. The molecule has 170 valence electrons. The van der Waals surface area contributed by atoms with E-state index in [9.17, 15) is 9.59 Å². The fourth-order valence-corrected chi connectivity index (χ4v) is 4.67. The summed E-state index contributed by atoms with van der Waals surface area (Å²) in [5.74, 6) is -0.266. The lowest BCUT2D eigenvalue weighted by atomic mass is 10.1. The molecular formula is C21H22N8O2S2. The molecule has 0 spiro atoms. The molecule has 0 saturated heterocycles. The lowest BCUT2D eigenvalue weighted by Crippen LogP contribution is -2.15. The number of rotatable bonds is 11. The first-order valence-electron chi connectivity index (χ1n) is 10.5. The summed E-state index contributed by atoms with van der Waals surface area (Å²) in [4.78, 5) is 24.2. The first kappa shape index (κ1) is 22.8. The summed E-state index contributed by atoms with van der Waals surface area (Å²) in [6, 6.07) is 9.58. The summed E-state index contributed by atoms with van der Waals surface area (Å²) in [6.07, 6.45) is 6.18. The minimum atomic E-state index is -0.162. The Morgan fingerprint density at radius 3 is 2.00 bits per heavy atom. The van der Waals surface area contributed by atoms with Crippen LogP contribution >= 0.6 is 22.7 Å². The van der Waals surface area contributed by atoms with Crippen LogP contribution in [0, 0.1) is 0 Å². The van der Waals surface area contributed by atoms with Crippen molar-refractivity contribution in [1.29, 1.82) is 0 Å². The summed E-state index contributed by atoms with van der Waals surface area (Å²) < 4.78 is 0. The summed E-state index contributed by atoms with van der Waals surface area (Å²) in [7, 11) is 0. The number of nitrogens with one attached hydrogen (secondary N) is 2. The highest BCUT2D eigenvalue weighted by Crippen LogP contribution is 2.20. The van der Waals surface area contributed by atoms with Gasteiger partial charge in [0, 0.05) is 25.5 Å². The Kier molecular flexibility index (Phi) is 7.93. The van der Waals surface area contributed by atoms with Crippen LogP contribution in [0.15, 0.2) is 40.5 Å². The number of aryl methyl sites for hydroxylation is 2. The smallest absolute Gasteiger partial charge is 0.231 e. The number of hydrogen-bond donors (Lipinski definition) is 2. The Morgan fingerprint density at radius 2 is 1.42 bits per heavy atom. The van der Waals surface area contributed by atoms with Gasteiger partial charge in [-0.05, 0) is 18.4 Å². The van der Waals surface area contributed by atoms with Crippen molar-refractivity contribution in [3.63, 3.8) is 0 Å². The molecule has 1 aromatic carbocycles. The van der Waals surface area contributed by atoms with E-state index in [1.54, 1.807) is 6.21 Å². The van der Waals surface area contributed by atoms with Crippen molar-refractivity contribution in [2.45, 2.75) is 44.9 Å². The number of amides is 2. The third-order valence-corrected chi connectivity index (χ3v) is 6.43. The van der Waals surface area contributed by atoms with E-state index < -0.39 is 0 Å². The maximum absolute atomic E-state index is 12.1. The van der Waals surface area contributed by atoms with Gasteiger partial charge in [-0.2, -0.15) is 10.2 Å². The van der Waals surface area contributed by atoms with Gasteiger partial charge in [-0.3, -0.25) is 9.59 Å². The Balaban J connectivity index is 1.14. The molecule has 2 amide bonds. The van der Waals surface area contributed by atoms with Gasteiger partial charge in [-0.1, -0.05) is 53.0 Å². The van der Waals surface area contributed by atoms with Crippen LogP contribution in [0.3, 0.4) is 0 Å². The van der Waals surface area contributed by atoms with Gasteiger partial charge in [-0.15, -0.1) is 20.4 Å². The number of unbranched alkanes of at least 4 members (excludes halogenated alkanes) is 1. The average molecular weight is 483 g/mol. The highest BCUT2D eigenvalue weighted by Gasteiger charge is 2.13. The van der Waals surface area contributed by atoms with Crippen LogP contribution in [0.5, 0.6) is 0 Å². The molecule has 10 nitrogen and oxygen atoms in total. The fraction of sp³-hybridized carbons (Fsp3) is 0.333. The molecule has 0 aliphatic carbocycles. The van der Waals surface area contributed by atoms with Gasteiger partial charge in [-0.25, -0.2) is 0 Å². The molecule has 3 heterocycles. The molecule has 12 heteroatoms. The highest BCUT2D eigenvalue weighted by atomic mass is 32.1. The second-order valence-electron chi connectivity index (χ2n) is 7.31. The number of nitrogens with zero attached hydrogens (tertiary/aromatic N) is 6. The van der Waals surface area contributed by atoms with E-state index in [1.807, 2.05) is 30.3 Å². The summed E-state index contributed by atoms with van der Waals surface area (Å²) in [5, 5.41) is 32.4. The van der Waals surface area contributed by atoms with Crippen molar-refractivity contribution in [3.8, 4) is 0 Å². The Hall–Kier alpha value is -3.38. The number of anilines is 2. The quantitative estimate of drug-likeness (QED) is 0.403. The largest absolute Gasteiger partial charge is 0.300 e. The van der Waals surface area contributed by atoms with Crippen molar-refractivity contribution >= 4 is 56.7 Å². The molecule has 0 saturated carbocycles. The maximum Gasteiger partial charge on any atom is 0.231 e. The minimum absolute atomic E-state index is 0.104. The summed E-state index contributed by atoms with van der Waals surface area (Å²) in [5.41, 5.74) is 1.70. The SMILES string of the molecule is O=C(CC1=NN=CC1)Nc1nnc(CCCCc2nnc(NC(=O)Cc3ccccc3)s2)s1. The van der Waals surface area contributed by atoms with Crippen LogP contribution < -0.4 is 10.6 Å². The standard InChI is InChI=1S/C21H22N8O2S2/c30-16(12-14-6-2-1-3-7-14)23-20-28-26-18(32-20)8-4-5-9-19-27-29-21(33-19)24-17(31)13-15-10-11-22-25-15/h1-3,6-7,11H,4-5,8-10,12-13H2,(H,23,28,30)(H,24,29,31). The van der Waals surface area contributed by atoms with E-state index in [-0.39, 0.29) is 18.2 Å². The number of carbonyl (C=O) groups is 2. The van der Waals surface area contributed by atoms with Gasteiger partial charge in [0.15, 0.2) is 0 Å². The predicted octanol–water partition coefficient (Wildman–Crippen LogP) is 3.30. The highest BCUT2D eigenvalue weighted by molar-refractivity contribution is 7.15. The number of hydrogen-bond acceptors (Lipinski definition) is 10. The second-order valence-corrected chi connectivity index (χ2v) is 9.44. The van der Waals surface area contributed by atoms with Gasteiger partial charge >= 0.3 is 0 Å². The second kappa shape index (κ2) is 11.5. The van der Waals surface area contributed by atoms with Gasteiger partial charge in [0.2, 0.25) is 22.1 Å². The van der Waals surface area contributed by atoms with E-state index in [0.29, 0.717) is 23.1 Å². The van der Waals surface area contributed by atoms with Crippen LogP contribution in [0.2, 0.25) is 0 Å². The molecule has 3 aromatic rings. The zero-order chi connectivity index (χ0) is 22.9. The number of aromatic nitrogens is 4. The first-order valence-corrected chi connectivity index (χ1v) is 12.1. The zero-order valence-electron chi connectivity index (χ0n) is 17.7. The zero-order valence-corrected chi connectivity index (χ0v) is 19.4. The molecule has 2 aromatic heterocycles. The third kappa shape index (κ3) is 7.32. The van der Waals surface area contributed by atoms with E-state index >= 15 is 0 Å². The lowest BCUT2D eigenvalue weighted by Gasteiger charge is -2.00. The van der Waals surface area contributed by atoms with E-state index in [4.69, 9.17) is 0 Å². The van der Waals surface area contributed by atoms with Crippen molar-refractivity contribution in [1.82, 2.24) is 20.4 Å². The fourth-order valence-electron chi connectivity index (χ4n) is 3.07. The molecule has 0 fully saturated rings. The molecule has 0 radical (unpaired) electrons. The monoisotopic (exact) mass is 482 g/mol. The molecular weight excluding hydrogens is 460 g/mol. The molecule has 1 aliphatic heterocycles. The van der Waals surface area contributed by atoms with Crippen LogP contribution in [-0.4, -0.2) is 44.1 Å². The molecule has 4 rings (SSSR count). The molecule has 0 bridgehead atoms. The van der Waals surface area contributed by atoms with E-state index in [0.717, 1.165) is 47.0 Å². The van der Waals surface area contributed by atoms with Crippen molar-refractivity contribution < 1.29 is 9.59 Å². The molecule has 0 unspecified atom stereocenters. The molecule has 33 heavy (non-hydrogen) atoms. The van der Waals surface area contributed by atoms with Crippen LogP contribution in [-0.2, 0) is 28.9 Å². The van der Waals surface area contributed by atoms with Crippen LogP contribution in [0.25, 0.3) is 0 Å². The molecule has 0 atom stereocenters. The first-order chi connectivity index (χ1) is 16.1. The van der Waals surface area contributed by atoms with Gasteiger partial charge in [0.05, 0.1) is 18.6 Å². The van der Waals surface area contributed by atoms with Crippen LogP contribution in [0.1, 0.15) is 41.3 Å². The third-order valence-electron chi connectivity index (χ3n) is 4.64. The van der Waals surface area contributed by atoms with Gasteiger partial charge in [0.1, 0.15) is 10.0 Å². The van der Waals surface area contributed by atoms with Crippen molar-refractivity contribution in [3.05, 3.63) is 45.9 Å². The minimum Gasteiger partial charge on any atom is -0.300 e. The lowest BCUT2D eigenvalue weighted by molar-refractivity contribution is -0.116. The molecule has 1 aliphatic rings. The van der Waals surface area contributed by atoms with Crippen LogP contribution in [0.4, 0.5) is 10.3 Å². The Morgan fingerprint density at radius 1 is 0.818 bits per heavy atom. The number of carbonyl (C=O) groups excluding carboxylic acids is 2. The summed E-state index contributed by atoms with van der Waals surface area (Å²) in [6.45, 7) is 0. The normalized spacial score (nSPS) is 12.5. The van der Waals surface area contributed by atoms with Gasteiger partial charge in [0.25, 0.3) is 0 Å². The Labute approximate surface area is 198 Å². The van der Waals surface area contributed by atoms with Crippen molar-refractivity contribution in [2.24, 2.45) is 10.2 Å². The van der Waals surface area contributed by atoms with Crippen molar-refractivity contribution in [2.75, 3.05) is 10.6 Å². The van der Waals surface area contributed by atoms with E-state index in [2.05, 4.69) is 41.2 Å². The summed E-state index contributed by atoms with van der Waals surface area (Å²) >= 11 is 2.78. The maximum atomic E-state index is 12.1. The van der Waals surface area contributed by atoms with E-state index in [1.165, 1.54) is 22.7 Å². The predicted molar refractivity (Wildman–Crippen MR) is 129 cm³/mol.